The second-order valence-corrected chi connectivity index (χ2v) is 6.49. The number of likely N-dealkylation sites (N-methyl/N-ethyl adjacent to an activating group) is 2. The quantitative estimate of drug-likeness (QED) is 0.765. The highest BCUT2D eigenvalue weighted by Crippen LogP contribution is 2.19. The number of carbonyl (C=O) groups excluding carboxylic acids is 1. The predicted octanol–water partition coefficient (Wildman–Crippen LogP) is 1.66. The minimum Gasteiger partial charge on any atom is -0.353 e. The van der Waals surface area contributed by atoms with Gasteiger partial charge in [-0.15, -0.1) is 0 Å². The van der Waals surface area contributed by atoms with E-state index in [4.69, 9.17) is 0 Å². The van der Waals surface area contributed by atoms with E-state index in [1.54, 1.807) is 17.9 Å². The summed E-state index contributed by atoms with van der Waals surface area (Å²) < 4.78 is 1.70. The lowest BCUT2D eigenvalue weighted by Gasteiger charge is -2.26. The molecule has 2 N–H and O–H groups in total. The molecule has 0 bridgehead atoms. The molecular weight excluding hydrogens is 314 g/mol. The third-order valence-corrected chi connectivity index (χ3v) is 4.47. The first-order valence-electron chi connectivity index (χ1n) is 8.65. The molecule has 0 saturated heterocycles. The van der Waals surface area contributed by atoms with Crippen LogP contribution in [-0.2, 0) is 18.3 Å². The van der Waals surface area contributed by atoms with E-state index < -0.39 is 6.04 Å². The van der Waals surface area contributed by atoms with Crippen molar-refractivity contribution in [3.8, 4) is 0 Å². The van der Waals surface area contributed by atoms with E-state index in [9.17, 15) is 4.79 Å². The van der Waals surface area contributed by atoms with Crippen LogP contribution in [0.25, 0.3) is 0 Å². The first kappa shape index (κ1) is 19.1. The summed E-state index contributed by atoms with van der Waals surface area (Å²) in [7, 11) is 7.68. The fourth-order valence-corrected chi connectivity index (χ4v) is 2.91. The SMILES string of the molecule is CCc1ccc(C(CNC(=O)C(NC)c2cnn(C)c2)N(C)C)cc1. The third kappa shape index (κ3) is 4.90. The van der Waals surface area contributed by atoms with Gasteiger partial charge in [-0.3, -0.25) is 9.48 Å². The summed E-state index contributed by atoms with van der Waals surface area (Å²) in [5.41, 5.74) is 3.37. The molecule has 0 radical (unpaired) electrons. The number of aromatic nitrogens is 2. The number of hydrogen-bond acceptors (Lipinski definition) is 4. The Kier molecular flexibility index (Phi) is 6.73. The number of rotatable bonds is 8. The molecule has 1 amide bonds. The van der Waals surface area contributed by atoms with Crippen LogP contribution in [0.5, 0.6) is 0 Å². The number of hydrogen-bond donors (Lipinski definition) is 2. The number of aryl methyl sites for hydroxylation is 2. The number of amides is 1. The highest BCUT2D eigenvalue weighted by atomic mass is 16.2. The third-order valence-electron chi connectivity index (χ3n) is 4.47. The fraction of sp³-hybridized carbons (Fsp3) is 0.474. The van der Waals surface area contributed by atoms with Crippen LogP contribution >= 0.6 is 0 Å². The summed E-state index contributed by atoms with van der Waals surface area (Å²) in [6, 6.07) is 8.32. The lowest BCUT2D eigenvalue weighted by Crippen LogP contribution is -2.40. The van der Waals surface area contributed by atoms with E-state index in [1.165, 1.54) is 11.1 Å². The Bertz CT molecular complexity index is 677. The molecule has 2 atom stereocenters. The van der Waals surface area contributed by atoms with Gasteiger partial charge in [-0.05, 0) is 38.7 Å². The van der Waals surface area contributed by atoms with Gasteiger partial charge in [0, 0.05) is 25.4 Å². The molecule has 2 aromatic rings. The largest absolute Gasteiger partial charge is 0.353 e. The molecule has 1 aromatic carbocycles. The molecular formula is C19H29N5O. The van der Waals surface area contributed by atoms with Gasteiger partial charge in [-0.2, -0.15) is 5.10 Å². The minimum absolute atomic E-state index is 0.0486. The fourth-order valence-electron chi connectivity index (χ4n) is 2.91. The standard InChI is InChI=1S/C19H29N5O/c1-6-14-7-9-15(10-8-14)17(23(3)4)12-21-19(25)18(20-2)16-11-22-24(5)13-16/h7-11,13,17-18,20H,6,12H2,1-5H3,(H,21,25). The first-order valence-corrected chi connectivity index (χ1v) is 8.65. The Morgan fingerprint density at radius 2 is 1.92 bits per heavy atom. The lowest BCUT2D eigenvalue weighted by molar-refractivity contribution is -0.123. The Morgan fingerprint density at radius 1 is 1.24 bits per heavy atom. The van der Waals surface area contributed by atoms with Gasteiger partial charge < -0.3 is 15.5 Å². The second kappa shape index (κ2) is 8.78. The summed E-state index contributed by atoms with van der Waals surface area (Å²) in [4.78, 5) is 14.7. The second-order valence-electron chi connectivity index (χ2n) is 6.49. The maximum absolute atomic E-state index is 12.6. The summed E-state index contributed by atoms with van der Waals surface area (Å²) in [5.74, 6) is -0.0486. The van der Waals surface area contributed by atoms with Crippen molar-refractivity contribution < 1.29 is 4.79 Å². The monoisotopic (exact) mass is 343 g/mol. The van der Waals surface area contributed by atoms with Crippen LogP contribution in [-0.4, -0.2) is 48.3 Å². The zero-order chi connectivity index (χ0) is 18.4. The van der Waals surface area contributed by atoms with Crippen LogP contribution in [0.3, 0.4) is 0 Å². The van der Waals surface area contributed by atoms with Crippen LogP contribution in [0, 0.1) is 0 Å². The zero-order valence-electron chi connectivity index (χ0n) is 15.8. The molecule has 1 heterocycles. The minimum atomic E-state index is -0.404. The van der Waals surface area contributed by atoms with Gasteiger partial charge in [0.25, 0.3) is 0 Å². The summed E-state index contributed by atoms with van der Waals surface area (Å²) in [5, 5.41) is 10.3. The molecule has 0 fully saturated rings. The van der Waals surface area contributed by atoms with E-state index in [0.717, 1.165) is 12.0 Å². The average Bonchev–Trinajstić information content (AvgIpc) is 3.02. The Hall–Kier alpha value is -2.18. The lowest BCUT2D eigenvalue weighted by atomic mass is 10.0. The highest BCUT2D eigenvalue weighted by Gasteiger charge is 2.22. The molecule has 2 rings (SSSR count). The zero-order valence-corrected chi connectivity index (χ0v) is 15.8. The van der Waals surface area contributed by atoms with Crippen LogP contribution in [0.15, 0.2) is 36.7 Å². The highest BCUT2D eigenvalue weighted by molar-refractivity contribution is 5.83. The first-order chi connectivity index (χ1) is 12.0. The van der Waals surface area contributed by atoms with Crippen molar-refractivity contribution in [1.29, 1.82) is 0 Å². The van der Waals surface area contributed by atoms with Gasteiger partial charge in [0.2, 0.25) is 5.91 Å². The molecule has 0 aliphatic heterocycles. The van der Waals surface area contributed by atoms with Crippen molar-refractivity contribution in [1.82, 2.24) is 25.3 Å². The molecule has 0 aliphatic rings. The van der Waals surface area contributed by atoms with Crippen LogP contribution in [0.4, 0.5) is 0 Å². The topological polar surface area (TPSA) is 62.2 Å². The average molecular weight is 343 g/mol. The van der Waals surface area contributed by atoms with Gasteiger partial charge in [0.15, 0.2) is 0 Å². The van der Waals surface area contributed by atoms with E-state index >= 15 is 0 Å². The summed E-state index contributed by atoms with van der Waals surface area (Å²) in [6.45, 7) is 2.70. The molecule has 2 unspecified atom stereocenters. The Balaban J connectivity index is 2.05. The number of nitrogens with one attached hydrogen (secondary N) is 2. The summed E-state index contributed by atoms with van der Waals surface area (Å²) >= 11 is 0. The van der Waals surface area contributed by atoms with Crippen molar-refractivity contribution in [3.05, 3.63) is 53.3 Å². The molecule has 0 aliphatic carbocycles. The molecule has 0 saturated carbocycles. The van der Waals surface area contributed by atoms with Gasteiger partial charge in [-0.25, -0.2) is 0 Å². The Morgan fingerprint density at radius 3 is 2.40 bits per heavy atom. The van der Waals surface area contributed by atoms with Gasteiger partial charge in [0.1, 0.15) is 6.04 Å². The number of nitrogens with zero attached hydrogens (tertiary/aromatic N) is 3. The molecule has 6 heteroatoms. The molecule has 6 nitrogen and oxygen atoms in total. The van der Waals surface area contributed by atoms with Crippen molar-refractivity contribution >= 4 is 5.91 Å². The van der Waals surface area contributed by atoms with E-state index in [0.29, 0.717) is 6.54 Å². The number of benzene rings is 1. The molecule has 0 spiro atoms. The maximum atomic E-state index is 12.6. The number of carbonyl (C=O) groups is 1. The predicted molar refractivity (Wildman–Crippen MR) is 100 cm³/mol. The van der Waals surface area contributed by atoms with Crippen LogP contribution in [0.1, 0.15) is 35.7 Å². The maximum Gasteiger partial charge on any atom is 0.241 e. The molecule has 1 aromatic heterocycles. The summed E-state index contributed by atoms with van der Waals surface area (Å²) in [6.07, 6.45) is 4.60. The smallest absolute Gasteiger partial charge is 0.241 e. The van der Waals surface area contributed by atoms with E-state index in [-0.39, 0.29) is 11.9 Å². The van der Waals surface area contributed by atoms with Crippen LogP contribution < -0.4 is 10.6 Å². The Labute approximate surface area is 150 Å². The molecule has 25 heavy (non-hydrogen) atoms. The van der Waals surface area contributed by atoms with E-state index in [1.807, 2.05) is 27.3 Å². The van der Waals surface area contributed by atoms with E-state index in [2.05, 4.69) is 51.8 Å². The van der Waals surface area contributed by atoms with Gasteiger partial charge in [0.05, 0.1) is 12.2 Å². The van der Waals surface area contributed by atoms with Gasteiger partial charge in [-0.1, -0.05) is 31.2 Å². The van der Waals surface area contributed by atoms with Crippen molar-refractivity contribution in [2.45, 2.75) is 25.4 Å². The van der Waals surface area contributed by atoms with Crippen molar-refractivity contribution in [3.63, 3.8) is 0 Å². The molecule has 136 valence electrons. The van der Waals surface area contributed by atoms with Crippen molar-refractivity contribution in [2.75, 3.05) is 27.7 Å². The normalized spacial score (nSPS) is 13.7. The van der Waals surface area contributed by atoms with Crippen LogP contribution in [0.2, 0.25) is 0 Å². The van der Waals surface area contributed by atoms with Crippen molar-refractivity contribution in [2.24, 2.45) is 7.05 Å². The van der Waals surface area contributed by atoms with Gasteiger partial charge >= 0.3 is 0 Å².